The van der Waals surface area contributed by atoms with Gasteiger partial charge in [-0.15, -0.1) is 0 Å². The molecule has 0 atom stereocenters. The number of ether oxygens (including phenoxy) is 2. The number of hydrogen-bond acceptors (Lipinski definition) is 4. The number of para-hydroxylation sites is 1. The lowest BCUT2D eigenvalue weighted by atomic mass is 10.0. The Labute approximate surface area is 121 Å². The van der Waals surface area contributed by atoms with Crippen LogP contribution in [0.25, 0.3) is 11.6 Å². The maximum atomic E-state index is 11.5. The zero-order valence-electron chi connectivity index (χ0n) is 11.1. The summed E-state index contributed by atoms with van der Waals surface area (Å²) < 4.78 is 10.5. The highest BCUT2D eigenvalue weighted by Crippen LogP contribution is 2.35. The summed E-state index contributed by atoms with van der Waals surface area (Å²) in [6.07, 6.45) is 1.55. The van der Waals surface area contributed by atoms with E-state index in [1.807, 2.05) is 0 Å². The first kappa shape index (κ1) is 13.1. The molecule has 3 rings (SSSR count). The van der Waals surface area contributed by atoms with E-state index in [2.05, 4.69) is 0 Å². The lowest BCUT2D eigenvalue weighted by Crippen LogP contribution is -2.00. The minimum atomic E-state index is -1.03. The van der Waals surface area contributed by atoms with Crippen molar-refractivity contribution in [2.24, 2.45) is 0 Å². The third kappa shape index (κ3) is 2.53. The number of hydrogen-bond donors (Lipinski definition) is 2. The molecule has 1 aliphatic heterocycles. The molecule has 0 amide bonds. The number of carbonyl (C=O) groups is 1. The molecule has 3 N–H and O–H groups in total. The number of carboxylic acids is 1. The van der Waals surface area contributed by atoms with Crippen LogP contribution in [0.3, 0.4) is 0 Å². The molecule has 0 fully saturated rings. The van der Waals surface area contributed by atoms with Crippen LogP contribution in [0.15, 0.2) is 42.5 Å². The monoisotopic (exact) mass is 283 g/mol. The van der Waals surface area contributed by atoms with Crippen LogP contribution in [-0.4, -0.2) is 17.9 Å². The summed E-state index contributed by atoms with van der Waals surface area (Å²) in [6.45, 7) is 0.149. The maximum Gasteiger partial charge on any atom is 0.336 e. The fourth-order valence-corrected chi connectivity index (χ4v) is 2.13. The molecule has 0 aromatic heterocycles. The normalized spacial score (nSPS) is 13.2. The summed E-state index contributed by atoms with van der Waals surface area (Å²) in [5.74, 6) is 0.125. The number of aliphatic carboxylic acids is 1. The van der Waals surface area contributed by atoms with Gasteiger partial charge in [0.1, 0.15) is 0 Å². The van der Waals surface area contributed by atoms with E-state index in [1.165, 1.54) is 0 Å². The first-order chi connectivity index (χ1) is 10.1. The Morgan fingerprint density at radius 2 is 1.90 bits per heavy atom. The minimum absolute atomic E-state index is 0.145. The van der Waals surface area contributed by atoms with Crippen molar-refractivity contribution in [3.05, 3.63) is 53.6 Å². The van der Waals surface area contributed by atoms with Crippen LogP contribution in [-0.2, 0) is 4.79 Å². The smallest absolute Gasteiger partial charge is 0.336 e. The van der Waals surface area contributed by atoms with E-state index in [1.54, 1.807) is 48.5 Å². The summed E-state index contributed by atoms with van der Waals surface area (Å²) in [6, 6.07) is 12.1. The zero-order chi connectivity index (χ0) is 14.8. The molecule has 2 aromatic rings. The summed E-state index contributed by atoms with van der Waals surface area (Å²) in [5.41, 5.74) is 7.72. The van der Waals surface area contributed by atoms with E-state index >= 15 is 0 Å². The van der Waals surface area contributed by atoms with Gasteiger partial charge < -0.3 is 20.3 Å². The van der Waals surface area contributed by atoms with Crippen molar-refractivity contribution in [2.45, 2.75) is 0 Å². The first-order valence-electron chi connectivity index (χ1n) is 6.34. The van der Waals surface area contributed by atoms with E-state index < -0.39 is 5.97 Å². The van der Waals surface area contributed by atoms with Gasteiger partial charge in [-0.25, -0.2) is 4.79 Å². The van der Waals surface area contributed by atoms with Gasteiger partial charge in [0.05, 0.1) is 5.57 Å². The minimum Gasteiger partial charge on any atom is -0.478 e. The van der Waals surface area contributed by atoms with E-state index in [9.17, 15) is 9.90 Å². The molecule has 2 aromatic carbocycles. The molecule has 0 aliphatic carbocycles. The molecule has 21 heavy (non-hydrogen) atoms. The van der Waals surface area contributed by atoms with Crippen molar-refractivity contribution >= 4 is 23.3 Å². The summed E-state index contributed by atoms with van der Waals surface area (Å²) >= 11 is 0. The molecule has 106 valence electrons. The molecule has 0 saturated heterocycles. The van der Waals surface area contributed by atoms with E-state index in [0.29, 0.717) is 28.3 Å². The highest BCUT2D eigenvalue weighted by molar-refractivity contribution is 6.21. The van der Waals surface area contributed by atoms with E-state index in [4.69, 9.17) is 15.2 Å². The lowest BCUT2D eigenvalue weighted by Gasteiger charge is -2.06. The van der Waals surface area contributed by atoms with Crippen LogP contribution in [0.2, 0.25) is 0 Å². The van der Waals surface area contributed by atoms with Gasteiger partial charge in [-0.2, -0.15) is 0 Å². The van der Waals surface area contributed by atoms with E-state index in [0.717, 1.165) is 0 Å². The molecule has 5 nitrogen and oxygen atoms in total. The van der Waals surface area contributed by atoms with Crippen LogP contribution in [0, 0.1) is 0 Å². The molecule has 1 heterocycles. The number of nitrogen functional groups attached to an aromatic ring is 1. The summed E-state index contributed by atoms with van der Waals surface area (Å²) in [7, 11) is 0. The second kappa shape index (κ2) is 5.20. The Bertz CT molecular complexity index is 737. The third-order valence-electron chi connectivity index (χ3n) is 3.21. The number of carboxylic acid groups (broad SMARTS) is 1. The fraction of sp³-hybridized carbons (Fsp3) is 0.0625. The van der Waals surface area contributed by atoms with Crippen molar-refractivity contribution in [1.29, 1.82) is 0 Å². The quantitative estimate of drug-likeness (QED) is 0.514. The molecule has 0 bridgehead atoms. The van der Waals surface area contributed by atoms with Crippen LogP contribution in [0.1, 0.15) is 11.1 Å². The van der Waals surface area contributed by atoms with Crippen molar-refractivity contribution in [2.75, 3.05) is 12.5 Å². The number of benzene rings is 2. The average Bonchev–Trinajstić information content (AvgIpc) is 2.93. The van der Waals surface area contributed by atoms with Gasteiger partial charge in [0.15, 0.2) is 11.5 Å². The van der Waals surface area contributed by atoms with Gasteiger partial charge in [0.25, 0.3) is 0 Å². The predicted octanol–water partition coefficient (Wildman–Crippen LogP) is 2.62. The van der Waals surface area contributed by atoms with Crippen LogP contribution >= 0.6 is 0 Å². The molecule has 5 heteroatoms. The molecule has 1 aliphatic rings. The zero-order valence-corrected chi connectivity index (χ0v) is 11.1. The van der Waals surface area contributed by atoms with Crippen molar-refractivity contribution < 1.29 is 19.4 Å². The highest BCUT2D eigenvalue weighted by atomic mass is 16.7. The van der Waals surface area contributed by atoms with Gasteiger partial charge in [-0.3, -0.25) is 0 Å². The van der Waals surface area contributed by atoms with Crippen LogP contribution in [0.5, 0.6) is 11.5 Å². The predicted molar refractivity (Wildman–Crippen MR) is 78.9 cm³/mol. The Kier molecular flexibility index (Phi) is 3.23. The molecule has 0 spiro atoms. The Morgan fingerprint density at radius 3 is 2.67 bits per heavy atom. The second-order valence-electron chi connectivity index (χ2n) is 4.56. The van der Waals surface area contributed by atoms with E-state index in [-0.39, 0.29) is 12.4 Å². The number of fused-ring (bicyclic) bond motifs is 1. The SMILES string of the molecule is Nc1ccccc1/C=C(/C(=O)O)c1ccc2c(c1)OCO2. The maximum absolute atomic E-state index is 11.5. The van der Waals surface area contributed by atoms with Gasteiger partial charge in [0, 0.05) is 5.69 Å². The molecule has 0 unspecified atom stereocenters. The Balaban J connectivity index is 2.07. The highest BCUT2D eigenvalue weighted by Gasteiger charge is 2.17. The number of nitrogens with two attached hydrogens (primary N) is 1. The molecular formula is C16H13NO4. The summed E-state index contributed by atoms with van der Waals surface area (Å²) in [4.78, 5) is 11.5. The third-order valence-corrected chi connectivity index (χ3v) is 3.21. The topological polar surface area (TPSA) is 81.8 Å². The van der Waals surface area contributed by atoms with Gasteiger partial charge in [-0.05, 0) is 35.4 Å². The molecular weight excluding hydrogens is 270 g/mol. The first-order valence-corrected chi connectivity index (χ1v) is 6.34. The van der Waals surface area contributed by atoms with Gasteiger partial charge in [-0.1, -0.05) is 24.3 Å². The largest absolute Gasteiger partial charge is 0.478 e. The Morgan fingerprint density at radius 1 is 1.14 bits per heavy atom. The fourth-order valence-electron chi connectivity index (χ4n) is 2.13. The summed E-state index contributed by atoms with van der Waals surface area (Å²) in [5, 5.41) is 9.45. The number of anilines is 1. The average molecular weight is 283 g/mol. The second-order valence-corrected chi connectivity index (χ2v) is 4.56. The van der Waals surface area contributed by atoms with Crippen molar-refractivity contribution in [1.82, 2.24) is 0 Å². The molecule has 0 saturated carbocycles. The Hall–Kier alpha value is -2.95. The number of rotatable bonds is 3. The standard InChI is InChI=1S/C16H13NO4/c17-13-4-2-1-3-11(13)7-12(16(18)19)10-5-6-14-15(8-10)21-9-20-14/h1-8H,9,17H2,(H,18,19)/b12-7+. The van der Waals surface area contributed by atoms with Gasteiger partial charge >= 0.3 is 5.97 Å². The lowest BCUT2D eigenvalue weighted by molar-refractivity contribution is -0.130. The van der Waals surface area contributed by atoms with Crippen LogP contribution in [0.4, 0.5) is 5.69 Å². The molecule has 0 radical (unpaired) electrons. The van der Waals surface area contributed by atoms with Gasteiger partial charge in [0.2, 0.25) is 6.79 Å². The van der Waals surface area contributed by atoms with Crippen molar-refractivity contribution in [3.8, 4) is 11.5 Å². The van der Waals surface area contributed by atoms with Crippen LogP contribution < -0.4 is 15.2 Å². The van der Waals surface area contributed by atoms with Crippen molar-refractivity contribution in [3.63, 3.8) is 0 Å².